The number of hydroxylamine groups is 1. The predicted molar refractivity (Wildman–Crippen MR) is 95.6 cm³/mol. The lowest BCUT2D eigenvalue weighted by Crippen LogP contribution is -2.31. The van der Waals surface area contributed by atoms with E-state index in [-0.39, 0.29) is 18.7 Å². The van der Waals surface area contributed by atoms with Gasteiger partial charge in [-0.25, -0.2) is 5.48 Å². The predicted octanol–water partition coefficient (Wildman–Crippen LogP) is 2.11. The van der Waals surface area contributed by atoms with E-state index in [1.165, 1.54) is 19.2 Å². The Balaban J connectivity index is 1.77. The van der Waals surface area contributed by atoms with Gasteiger partial charge >= 0.3 is 5.97 Å². The Morgan fingerprint density at radius 2 is 2.00 bits per heavy atom. The van der Waals surface area contributed by atoms with Crippen LogP contribution in [0.2, 0.25) is 0 Å². The number of hydrogen-bond acceptors (Lipinski definition) is 7. The second-order valence-electron chi connectivity index (χ2n) is 6.44. The van der Waals surface area contributed by atoms with Gasteiger partial charge in [-0.1, -0.05) is 12.1 Å². The number of hydrogen-bond donors (Lipinski definition) is 2. The van der Waals surface area contributed by atoms with E-state index in [0.717, 1.165) is 5.56 Å². The molecule has 2 unspecified atom stereocenters. The highest BCUT2D eigenvalue weighted by Crippen LogP contribution is 2.55. The summed E-state index contributed by atoms with van der Waals surface area (Å²) >= 11 is 0. The van der Waals surface area contributed by atoms with E-state index in [2.05, 4.69) is 0 Å². The van der Waals surface area contributed by atoms with Crippen molar-refractivity contribution in [3.63, 3.8) is 0 Å². The molecule has 0 saturated heterocycles. The van der Waals surface area contributed by atoms with Crippen LogP contribution in [0.5, 0.6) is 5.75 Å². The average Bonchev–Trinajstić information content (AvgIpc) is 3.48. The molecule has 2 aromatic rings. The van der Waals surface area contributed by atoms with Gasteiger partial charge in [0, 0.05) is 12.1 Å². The fraction of sp³-hybridized carbons (Fsp3) is 0.263. The van der Waals surface area contributed by atoms with Crippen LogP contribution in [0, 0.1) is 16.0 Å². The Morgan fingerprint density at radius 1 is 1.29 bits per heavy atom. The molecule has 1 aliphatic carbocycles. The van der Waals surface area contributed by atoms with Crippen molar-refractivity contribution in [1.29, 1.82) is 0 Å². The lowest BCUT2D eigenvalue weighted by atomic mass is 9.92. The minimum Gasteiger partial charge on any atom is -0.489 e. The van der Waals surface area contributed by atoms with Crippen molar-refractivity contribution in [2.75, 3.05) is 7.11 Å². The maximum absolute atomic E-state index is 12.3. The Kier molecular flexibility index (Phi) is 5.27. The van der Waals surface area contributed by atoms with Crippen LogP contribution in [-0.2, 0) is 26.3 Å². The zero-order valence-electron chi connectivity index (χ0n) is 15.0. The SMILES string of the molecule is COC(=O)C1(c2cccc(OCc3ccc([N+](=O)[O-])cc3)c2)CC1C(=O)NO. The van der Waals surface area contributed by atoms with Crippen LogP contribution < -0.4 is 10.2 Å². The first kappa shape index (κ1) is 19.3. The highest BCUT2D eigenvalue weighted by molar-refractivity contribution is 5.97. The van der Waals surface area contributed by atoms with E-state index in [0.29, 0.717) is 11.3 Å². The Labute approximate surface area is 160 Å². The number of nitrogens with zero attached hydrogens (tertiary/aromatic N) is 1. The van der Waals surface area contributed by atoms with Crippen molar-refractivity contribution < 1.29 is 29.2 Å². The molecule has 0 bridgehead atoms. The molecule has 0 spiro atoms. The first-order valence-corrected chi connectivity index (χ1v) is 8.41. The standard InChI is InChI=1S/C19H18N2O7/c1-27-18(23)19(10-16(19)17(22)20-24)13-3-2-4-15(9-13)28-11-12-5-7-14(8-6-12)21(25)26/h2-9,16,24H,10-11H2,1H3,(H,20,22). The highest BCUT2D eigenvalue weighted by atomic mass is 16.6. The first-order valence-electron chi connectivity index (χ1n) is 8.41. The molecule has 0 aliphatic heterocycles. The van der Waals surface area contributed by atoms with E-state index in [9.17, 15) is 19.7 Å². The van der Waals surface area contributed by atoms with Gasteiger partial charge in [-0.05, 0) is 41.8 Å². The van der Waals surface area contributed by atoms with Crippen molar-refractivity contribution in [1.82, 2.24) is 5.48 Å². The summed E-state index contributed by atoms with van der Waals surface area (Å²) in [6.45, 7) is 0.174. The van der Waals surface area contributed by atoms with Crippen LogP contribution in [0.3, 0.4) is 0 Å². The van der Waals surface area contributed by atoms with Gasteiger partial charge < -0.3 is 9.47 Å². The largest absolute Gasteiger partial charge is 0.489 e. The van der Waals surface area contributed by atoms with Crippen molar-refractivity contribution in [3.05, 3.63) is 69.8 Å². The van der Waals surface area contributed by atoms with Crippen molar-refractivity contribution in [2.24, 2.45) is 5.92 Å². The van der Waals surface area contributed by atoms with Crippen LogP contribution in [0.1, 0.15) is 17.5 Å². The van der Waals surface area contributed by atoms with Gasteiger partial charge in [-0.2, -0.15) is 0 Å². The highest BCUT2D eigenvalue weighted by Gasteiger charge is 2.65. The summed E-state index contributed by atoms with van der Waals surface area (Å²) in [6, 6.07) is 12.7. The number of nitro groups is 1. The fourth-order valence-corrected chi connectivity index (χ4v) is 3.25. The third-order valence-electron chi connectivity index (χ3n) is 4.84. The smallest absolute Gasteiger partial charge is 0.317 e. The van der Waals surface area contributed by atoms with Crippen LogP contribution in [0.25, 0.3) is 0 Å². The van der Waals surface area contributed by atoms with Gasteiger partial charge in [0.1, 0.15) is 17.8 Å². The summed E-state index contributed by atoms with van der Waals surface area (Å²) in [5, 5.41) is 19.6. The summed E-state index contributed by atoms with van der Waals surface area (Å²) in [4.78, 5) is 34.4. The van der Waals surface area contributed by atoms with Crippen LogP contribution in [-0.4, -0.2) is 29.1 Å². The molecule has 0 aromatic heterocycles. The van der Waals surface area contributed by atoms with Crippen molar-refractivity contribution >= 4 is 17.6 Å². The van der Waals surface area contributed by atoms with Crippen LogP contribution >= 0.6 is 0 Å². The molecule has 2 atom stereocenters. The molecule has 0 radical (unpaired) electrons. The quantitative estimate of drug-likeness (QED) is 0.323. The van der Waals surface area contributed by atoms with Crippen LogP contribution in [0.15, 0.2) is 48.5 Å². The second kappa shape index (κ2) is 7.65. The third-order valence-corrected chi connectivity index (χ3v) is 4.84. The molecule has 146 valence electrons. The number of carbonyl (C=O) groups excluding carboxylic acids is 2. The summed E-state index contributed by atoms with van der Waals surface area (Å²) in [5.74, 6) is -1.47. The number of carbonyl (C=O) groups is 2. The first-order chi connectivity index (χ1) is 13.4. The van der Waals surface area contributed by atoms with E-state index in [1.807, 2.05) is 0 Å². The van der Waals surface area contributed by atoms with Gasteiger partial charge in [0.05, 0.1) is 18.0 Å². The van der Waals surface area contributed by atoms with Gasteiger partial charge in [0.25, 0.3) is 5.69 Å². The molecule has 3 rings (SSSR count). The van der Waals surface area contributed by atoms with E-state index < -0.39 is 28.1 Å². The number of methoxy groups -OCH3 is 1. The molecule has 9 heteroatoms. The number of nitro benzene ring substituents is 1. The number of esters is 1. The maximum Gasteiger partial charge on any atom is 0.317 e. The summed E-state index contributed by atoms with van der Waals surface area (Å²) in [6.07, 6.45) is 0.220. The maximum atomic E-state index is 12.3. The lowest BCUT2D eigenvalue weighted by molar-refractivity contribution is -0.384. The minimum absolute atomic E-state index is 0.00676. The molecule has 1 saturated carbocycles. The van der Waals surface area contributed by atoms with Crippen molar-refractivity contribution in [2.45, 2.75) is 18.4 Å². The average molecular weight is 386 g/mol. The Bertz CT molecular complexity index is 913. The van der Waals surface area contributed by atoms with Gasteiger partial charge in [0.2, 0.25) is 5.91 Å². The molecule has 2 N–H and O–H groups in total. The lowest BCUT2D eigenvalue weighted by Gasteiger charge is -2.16. The van der Waals surface area contributed by atoms with E-state index >= 15 is 0 Å². The van der Waals surface area contributed by atoms with Gasteiger partial charge in [-0.15, -0.1) is 0 Å². The molecular weight excluding hydrogens is 368 g/mol. The monoisotopic (exact) mass is 386 g/mol. The zero-order chi connectivity index (χ0) is 20.3. The number of nitrogens with one attached hydrogen (secondary N) is 1. The number of non-ortho nitro benzene ring substituents is 1. The summed E-state index contributed by atoms with van der Waals surface area (Å²) < 4.78 is 10.6. The molecule has 1 amide bonds. The molecular formula is C19H18N2O7. The molecule has 2 aromatic carbocycles. The Hall–Kier alpha value is -3.46. The fourth-order valence-electron chi connectivity index (χ4n) is 3.25. The Morgan fingerprint density at radius 3 is 2.61 bits per heavy atom. The zero-order valence-corrected chi connectivity index (χ0v) is 15.0. The number of amides is 1. The molecule has 1 fully saturated rings. The summed E-state index contributed by atoms with van der Waals surface area (Å²) in [7, 11) is 1.24. The topological polar surface area (TPSA) is 128 Å². The summed E-state index contributed by atoms with van der Waals surface area (Å²) in [5.41, 5.74) is 1.70. The third kappa shape index (κ3) is 3.52. The molecule has 1 aliphatic rings. The van der Waals surface area contributed by atoms with Crippen molar-refractivity contribution in [3.8, 4) is 5.75 Å². The normalized spacial score (nSPS) is 20.1. The molecule has 9 nitrogen and oxygen atoms in total. The van der Waals surface area contributed by atoms with Gasteiger partial charge in [-0.3, -0.25) is 24.9 Å². The second-order valence-corrected chi connectivity index (χ2v) is 6.44. The van der Waals surface area contributed by atoms with E-state index in [1.54, 1.807) is 41.9 Å². The molecule has 0 heterocycles. The number of benzene rings is 2. The van der Waals surface area contributed by atoms with Gasteiger partial charge in [0.15, 0.2) is 0 Å². The van der Waals surface area contributed by atoms with E-state index in [4.69, 9.17) is 14.7 Å². The number of ether oxygens (including phenoxy) is 2. The minimum atomic E-state index is -1.16. The van der Waals surface area contributed by atoms with Crippen LogP contribution in [0.4, 0.5) is 5.69 Å². The number of rotatable bonds is 7. The molecule has 28 heavy (non-hydrogen) atoms.